The lowest BCUT2D eigenvalue weighted by Gasteiger charge is -2.25. The predicted octanol–water partition coefficient (Wildman–Crippen LogP) is 3.55. The molecule has 0 spiro atoms. The molecule has 1 unspecified atom stereocenters. The van der Waals surface area contributed by atoms with Gasteiger partial charge in [0.05, 0.1) is 12.7 Å². The first-order valence-corrected chi connectivity index (χ1v) is 7.03. The molecule has 94 valence electrons. The van der Waals surface area contributed by atoms with Crippen LogP contribution in [0.5, 0.6) is 5.75 Å². The molecule has 1 aliphatic carbocycles. The SMILES string of the molecule is CC(O)Cc1cc(Br)ccc1OCC1CCC1. The Bertz CT molecular complexity index is 372. The molecule has 0 radical (unpaired) electrons. The van der Waals surface area contributed by atoms with E-state index in [9.17, 15) is 5.11 Å². The lowest BCUT2D eigenvalue weighted by Crippen LogP contribution is -2.20. The summed E-state index contributed by atoms with van der Waals surface area (Å²) in [5.74, 6) is 1.65. The molecule has 2 rings (SSSR count). The van der Waals surface area contributed by atoms with E-state index in [0.717, 1.165) is 28.3 Å². The summed E-state index contributed by atoms with van der Waals surface area (Å²) < 4.78 is 6.90. The number of ether oxygens (including phenoxy) is 1. The van der Waals surface area contributed by atoms with Gasteiger partial charge in [-0.3, -0.25) is 0 Å². The van der Waals surface area contributed by atoms with Gasteiger partial charge in [0, 0.05) is 10.9 Å². The fourth-order valence-electron chi connectivity index (χ4n) is 2.03. The van der Waals surface area contributed by atoms with Crippen molar-refractivity contribution in [3.63, 3.8) is 0 Å². The zero-order valence-electron chi connectivity index (χ0n) is 10.2. The van der Waals surface area contributed by atoms with E-state index >= 15 is 0 Å². The number of aliphatic hydroxyl groups is 1. The Labute approximate surface area is 111 Å². The van der Waals surface area contributed by atoms with Crippen molar-refractivity contribution in [1.29, 1.82) is 0 Å². The van der Waals surface area contributed by atoms with Gasteiger partial charge in [-0.05, 0) is 49.4 Å². The lowest BCUT2D eigenvalue weighted by molar-refractivity contribution is 0.173. The van der Waals surface area contributed by atoms with Crippen molar-refractivity contribution in [1.82, 2.24) is 0 Å². The molecule has 0 bridgehead atoms. The normalized spacial score (nSPS) is 17.6. The van der Waals surface area contributed by atoms with Crippen LogP contribution < -0.4 is 4.74 Å². The van der Waals surface area contributed by atoms with Crippen LogP contribution in [-0.2, 0) is 6.42 Å². The Morgan fingerprint density at radius 3 is 2.82 bits per heavy atom. The predicted molar refractivity (Wildman–Crippen MR) is 72.4 cm³/mol. The quantitative estimate of drug-likeness (QED) is 0.901. The summed E-state index contributed by atoms with van der Waals surface area (Å²) in [6, 6.07) is 6.00. The third-order valence-corrected chi connectivity index (χ3v) is 3.73. The minimum absolute atomic E-state index is 0.338. The molecule has 17 heavy (non-hydrogen) atoms. The molecule has 1 aromatic carbocycles. The molecule has 2 nitrogen and oxygen atoms in total. The van der Waals surface area contributed by atoms with E-state index in [2.05, 4.69) is 15.9 Å². The van der Waals surface area contributed by atoms with Gasteiger partial charge in [-0.1, -0.05) is 22.4 Å². The summed E-state index contributed by atoms with van der Waals surface area (Å²) in [7, 11) is 0. The van der Waals surface area contributed by atoms with Gasteiger partial charge in [0.25, 0.3) is 0 Å². The zero-order chi connectivity index (χ0) is 12.3. The van der Waals surface area contributed by atoms with Gasteiger partial charge < -0.3 is 9.84 Å². The summed E-state index contributed by atoms with van der Waals surface area (Å²) in [5, 5.41) is 9.49. The average Bonchev–Trinajstić information content (AvgIpc) is 2.17. The Morgan fingerprint density at radius 1 is 1.47 bits per heavy atom. The molecule has 1 atom stereocenters. The van der Waals surface area contributed by atoms with Crippen LogP contribution in [0.1, 0.15) is 31.7 Å². The van der Waals surface area contributed by atoms with E-state index in [1.54, 1.807) is 6.92 Å². The van der Waals surface area contributed by atoms with E-state index in [4.69, 9.17) is 4.74 Å². The summed E-state index contributed by atoms with van der Waals surface area (Å²) in [5.41, 5.74) is 1.08. The number of halogens is 1. The van der Waals surface area contributed by atoms with Crippen molar-refractivity contribution in [2.45, 2.75) is 38.7 Å². The topological polar surface area (TPSA) is 29.5 Å². The van der Waals surface area contributed by atoms with Gasteiger partial charge in [0.2, 0.25) is 0 Å². The summed E-state index contributed by atoms with van der Waals surface area (Å²) in [4.78, 5) is 0. The molecule has 0 aliphatic heterocycles. The van der Waals surface area contributed by atoms with E-state index in [1.165, 1.54) is 19.3 Å². The average molecular weight is 299 g/mol. The highest BCUT2D eigenvalue weighted by atomic mass is 79.9. The van der Waals surface area contributed by atoms with Gasteiger partial charge in [0.1, 0.15) is 5.75 Å². The standard InChI is InChI=1S/C14H19BrO2/c1-10(16)7-12-8-13(15)5-6-14(12)17-9-11-3-2-4-11/h5-6,8,10-11,16H,2-4,7,9H2,1H3. The lowest BCUT2D eigenvalue weighted by atomic mass is 9.86. The van der Waals surface area contributed by atoms with Crippen LogP contribution in [0.25, 0.3) is 0 Å². The first-order valence-electron chi connectivity index (χ1n) is 6.24. The minimum Gasteiger partial charge on any atom is -0.493 e. The first-order chi connectivity index (χ1) is 8.15. The molecule has 0 amide bonds. The van der Waals surface area contributed by atoms with Crippen LogP contribution in [0.2, 0.25) is 0 Å². The molecule has 0 saturated heterocycles. The van der Waals surface area contributed by atoms with Crippen LogP contribution >= 0.6 is 15.9 Å². The first kappa shape index (κ1) is 12.9. The third-order valence-electron chi connectivity index (χ3n) is 3.24. The van der Waals surface area contributed by atoms with E-state index in [-0.39, 0.29) is 6.10 Å². The monoisotopic (exact) mass is 298 g/mol. The minimum atomic E-state index is -0.338. The van der Waals surface area contributed by atoms with Crippen molar-refractivity contribution >= 4 is 15.9 Å². The highest BCUT2D eigenvalue weighted by Crippen LogP contribution is 2.29. The molecule has 1 aromatic rings. The van der Waals surface area contributed by atoms with Crippen LogP contribution in [0.15, 0.2) is 22.7 Å². The molecule has 1 aliphatic rings. The Hall–Kier alpha value is -0.540. The largest absolute Gasteiger partial charge is 0.493 e. The second-order valence-electron chi connectivity index (χ2n) is 4.91. The maximum absolute atomic E-state index is 9.49. The number of hydrogen-bond donors (Lipinski definition) is 1. The Kier molecular flexibility index (Phi) is 4.46. The molecule has 3 heteroatoms. The number of hydrogen-bond acceptors (Lipinski definition) is 2. The van der Waals surface area contributed by atoms with Crippen LogP contribution in [0.3, 0.4) is 0 Å². The third kappa shape index (κ3) is 3.71. The van der Waals surface area contributed by atoms with Crippen molar-refractivity contribution < 1.29 is 9.84 Å². The highest BCUT2D eigenvalue weighted by Gasteiger charge is 2.18. The van der Waals surface area contributed by atoms with Gasteiger partial charge in [-0.2, -0.15) is 0 Å². The molecule has 0 aromatic heterocycles. The fourth-order valence-corrected chi connectivity index (χ4v) is 2.44. The molecular weight excluding hydrogens is 280 g/mol. The molecule has 1 saturated carbocycles. The van der Waals surface area contributed by atoms with Gasteiger partial charge in [0.15, 0.2) is 0 Å². The maximum atomic E-state index is 9.49. The van der Waals surface area contributed by atoms with Crippen LogP contribution in [0.4, 0.5) is 0 Å². The molecule has 1 fully saturated rings. The molecule has 1 N–H and O–H groups in total. The fraction of sp³-hybridized carbons (Fsp3) is 0.571. The van der Waals surface area contributed by atoms with Crippen LogP contribution in [0, 0.1) is 5.92 Å². The highest BCUT2D eigenvalue weighted by molar-refractivity contribution is 9.10. The number of aliphatic hydroxyl groups excluding tert-OH is 1. The number of rotatable bonds is 5. The van der Waals surface area contributed by atoms with Gasteiger partial charge in [-0.25, -0.2) is 0 Å². The Morgan fingerprint density at radius 2 is 2.24 bits per heavy atom. The number of benzene rings is 1. The maximum Gasteiger partial charge on any atom is 0.122 e. The van der Waals surface area contributed by atoms with Gasteiger partial charge in [-0.15, -0.1) is 0 Å². The smallest absolute Gasteiger partial charge is 0.122 e. The van der Waals surface area contributed by atoms with Crippen molar-refractivity contribution in [3.05, 3.63) is 28.2 Å². The van der Waals surface area contributed by atoms with Crippen LogP contribution in [-0.4, -0.2) is 17.8 Å². The van der Waals surface area contributed by atoms with Crippen molar-refractivity contribution in [3.8, 4) is 5.75 Å². The van der Waals surface area contributed by atoms with E-state index in [1.807, 2.05) is 18.2 Å². The van der Waals surface area contributed by atoms with Crippen molar-refractivity contribution in [2.24, 2.45) is 5.92 Å². The van der Waals surface area contributed by atoms with Crippen molar-refractivity contribution in [2.75, 3.05) is 6.61 Å². The second kappa shape index (κ2) is 5.87. The summed E-state index contributed by atoms with van der Waals surface area (Å²) in [6.45, 7) is 2.62. The van der Waals surface area contributed by atoms with E-state index in [0.29, 0.717) is 6.42 Å². The molecular formula is C14H19BrO2. The molecule has 0 heterocycles. The van der Waals surface area contributed by atoms with Gasteiger partial charge >= 0.3 is 0 Å². The summed E-state index contributed by atoms with van der Waals surface area (Å²) in [6.07, 6.45) is 4.23. The second-order valence-corrected chi connectivity index (χ2v) is 5.83. The zero-order valence-corrected chi connectivity index (χ0v) is 11.7. The van der Waals surface area contributed by atoms with E-state index < -0.39 is 0 Å². The Balaban J connectivity index is 2.02. The summed E-state index contributed by atoms with van der Waals surface area (Å²) >= 11 is 3.45.